The van der Waals surface area contributed by atoms with E-state index in [9.17, 15) is 24.9 Å². The van der Waals surface area contributed by atoms with Crippen molar-refractivity contribution in [3.63, 3.8) is 0 Å². The summed E-state index contributed by atoms with van der Waals surface area (Å²) in [5.74, 6) is -0.558. The Hall–Kier alpha value is -4.29. The molecule has 2 heterocycles. The first-order valence-electron chi connectivity index (χ1n) is 12.1. The zero-order valence-electron chi connectivity index (χ0n) is 21.1. The van der Waals surface area contributed by atoms with Gasteiger partial charge in [-0.3, -0.25) is 9.59 Å². The highest BCUT2D eigenvalue weighted by Gasteiger charge is 2.30. The average molecular weight is 536 g/mol. The Kier molecular flexibility index (Phi) is 9.52. The number of hydrogen-bond donors (Lipinski definition) is 4. The van der Waals surface area contributed by atoms with Crippen LogP contribution in [0.2, 0.25) is 0 Å². The number of nitrogens with two attached hydrogens (primary N) is 1. The Labute approximate surface area is 225 Å². The number of carboxylic acid groups (broad SMARTS) is 1. The van der Waals surface area contributed by atoms with Crippen molar-refractivity contribution in [1.29, 1.82) is 10.5 Å². The second-order valence-electron chi connectivity index (χ2n) is 8.80. The third-order valence-electron chi connectivity index (χ3n) is 6.29. The number of nitrogens with one attached hydrogen (secondary N) is 2. The molecule has 2 aromatic rings. The normalized spacial score (nSPS) is 15.0. The van der Waals surface area contributed by atoms with Crippen molar-refractivity contribution < 1.29 is 19.5 Å². The number of hydrogen-bond acceptors (Lipinski definition) is 8. The first-order chi connectivity index (χ1) is 18.2. The van der Waals surface area contributed by atoms with E-state index in [2.05, 4.69) is 22.8 Å². The molecule has 1 unspecified atom stereocenters. The molecule has 0 aliphatic carbocycles. The highest BCUT2D eigenvalue weighted by atomic mass is 32.2. The first kappa shape index (κ1) is 28.3. The van der Waals surface area contributed by atoms with Crippen LogP contribution < -0.4 is 21.3 Å². The van der Waals surface area contributed by atoms with Crippen LogP contribution in [0, 0.1) is 22.7 Å². The van der Waals surface area contributed by atoms with Crippen molar-refractivity contribution in [3.8, 4) is 12.1 Å². The molecule has 0 saturated carbocycles. The van der Waals surface area contributed by atoms with Crippen LogP contribution in [-0.2, 0) is 16.0 Å². The maximum Gasteiger partial charge on any atom is 0.405 e. The lowest BCUT2D eigenvalue weighted by Gasteiger charge is -2.34. The van der Waals surface area contributed by atoms with E-state index < -0.39 is 29.2 Å². The molecule has 0 spiro atoms. The lowest BCUT2D eigenvalue weighted by atomic mass is 9.99. The van der Waals surface area contributed by atoms with Gasteiger partial charge in [0.2, 0.25) is 11.8 Å². The number of benzene rings is 1. The van der Waals surface area contributed by atoms with E-state index in [0.29, 0.717) is 59.9 Å². The molecule has 11 nitrogen and oxygen atoms in total. The predicted molar refractivity (Wildman–Crippen MR) is 141 cm³/mol. The summed E-state index contributed by atoms with van der Waals surface area (Å²) in [5.41, 5.74) is 7.52. The van der Waals surface area contributed by atoms with Crippen LogP contribution >= 0.6 is 11.8 Å². The summed E-state index contributed by atoms with van der Waals surface area (Å²) in [7, 11) is 0. The van der Waals surface area contributed by atoms with E-state index in [4.69, 9.17) is 15.8 Å². The number of aromatic nitrogens is 1. The molecular weight excluding hydrogens is 506 g/mol. The van der Waals surface area contributed by atoms with Gasteiger partial charge in [-0.25, -0.2) is 9.78 Å². The van der Waals surface area contributed by atoms with Crippen molar-refractivity contribution >= 4 is 35.5 Å². The van der Waals surface area contributed by atoms with Gasteiger partial charge in [0.05, 0.1) is 11.1 Å². The summed E-state index contributed by atoms with van der Waals surface area (Å²) in [6.45, 7) is 4.28. The van der Waals surface area contributed by atoms with Gasteiger partial charge in [-0.15, -0.1) is 0 Å². The third-order valence-corrected chi connectivity index (χ3v) is 7.55. The zero-order valence-corrected chi connectivity index (χ0v) is 21.9. The SMILES string of the molecule is CCc1c(C#N)c(SC(C(N)=O)c2ccccc2)nc(N2CCC(NC(=O)[C@H](C)NC(=O)O)CC2)c1C#N. The van der Waals surface area contributed by atoms with E-state index in [1.807, 2.05) is 17.9 Å². The molecule has 1 aliphatic rings. The van der Waals surface area contributed by atoms with Gasteiger partial charge in [-0.2, -0.15) is 10.5 Å². The molecule has 1 aromatic carbocycles. The summed E-state index contributed by atoms with van der Waals surface area (Å²) < 4.78 is 0. The largest absolute Gasteiger partial charge is 0.465 e. The molecule has 12 heteroatoms. The van der Waals surface area contributed by atoms with Crippen LogP contribution in [0.4, 0.5) is 10.6 Å². The second kappa shape index (κ2) is 12.8. The van der Waals surface area contributed by atoms with Crippen molar-refractivity contribution in [2.24, 2.45) is 5.73 Å². The van der Waals surface area contributed by atoms with Gasteiger partial charge in [0.15, 0.2) is 0 Å². The highest BCUT2D eigenvalue weighted by Crippen LogP contribution is 2.39. The van der Waals surface area contributed by atoms with Crippen LogP contribution in [0.3, 0.4) is 0 Å². The maximum absolute atomic E-state index is 12.4. The van der Waals surface area contributed by atoms with Crippen molar-refractivity contribution in [2.45, 2.75) is 55.5 Å². The fourth-order valence-electron chi connectivity index (χ4n) is 4.34. The Morgan fingerprint density at radius 3 is 2.34 bits per heavy atom. The molecule has 2 atom stereocenters. The summed E-state index contributed by atoms with van der Waals surface area (Å²) in [4.78, 5) is 42.1. The van der Waals surface area contributed by atoms with Gasteiger partial charge in [-0.1, -0.05) is 49.0 Å². The van der Waals surface area contributed by atoms with Gasteiger partial charge in [0.1, 0.15) is 34.3 Å². The summed E-state index contributed by atoms with van der Waals surface area (Å²) in [6.07, 6.45) is 0.249. The van der Waals surface area contributed by atoms with Crippen molar-refractivity contribution in [1.82, 2.24) is 15.6 Å². The summed E-state index contributed by atoms with van der Waals surface area (Å²) in [6, 6.07) is 12.3. The highest BCUT2D eigenvalue weighted by molar-refractivity contribution is 8.00. The van der Waals surface area contributed by atoms with Crippen LogP contribution in [0.5, 0.6) is 0 Å². The van der Waals surface area contributed by atoms with E-state index in [1.165, 1.54) is 6.92 Å². The van der Waals surface area contributed by atoms with E-state index in [-0.39, 0.29) is 11.6 Å². The Balaban J connectivity index is 1.89. The summed E-state index contributed by atoms with van der Waals surface area (Å²) >= 11 is 1.09. The Bertz CT molecular complexity index is 1280. The van der Waals surface area contributed by atoms with E-state index in [1.54, 1.807) is 24.3 Å². The van der Waals surface area contributed by atoms with Crippen molar-refractivity contribution in [2.75, 3.05) is 18.0 Å². The molecule has 1 aromatic heterocycles. The quantitative estimate of drug-likeness (QED) is 0.350. The molecule has 198 valence electrons. The molecule has 0 bridgehead atoms. The smallest absolute Gasteiger partial charge is 0.405 e. The number of nitrogens with zero attached hydrogens (tertiary/aromatic N) is 4. The number of amides is 3. The number of nitriles is 2. The number of rotatable bonds is 9. The van der Waals surface area contributed by atoms with Crippen molar-refractivity contribution in [3.05, 3.63) is 52.6 Å². The van der Waals surface area contributed by atoms with Gasteiger partial charge in [-0.05, 0) is 37.3 Å². The van der Waals surface area contributed by atoms with Gasteiger partial charge >= 0.3 is 6.09 Å². The monoisotopic (exact) mass is 535 g/mol. The van der Waals surface area contributed by atoms with E-state index in [0.717, 1.165) is 11.8 Å². The molecule has 1 fully saturated rings. The Morgan fingerprint density at radius 1 is 1.18 bits per heavy atom. The molecule has 3 rings (SSSR count). The fraction of sp³-hybridized carbons (Fsp3) is 0.385. The van der Waals surface area contributed by atoms with Crippen LogP contribution in [0.25, 0.3) is 0 Å². The molecule has 1 aliphatic heterocycles. The summed E-state index contributed by atoms with van der Waals surface area (Å²) in [5, 5.41) is 33.3. The number of anilines is 1. The lowest BCUT2D eigenvalue weighted by Crippen LogP contribution is -2.51. The molecule has 5 N–H and O–H groups in total. The topological polar surface area (TPSA) is 185 Å². The number of carbonyl (C=O) groups is 3. The number of pyridine rings is 1. The van der Waals surface area contributed by atoms with Gasteiger partial charge < -0.3 is 26.4 Å². The Morgan fingerprint density at radius 2 is 1.82 bits per heavy atom. The number of piperidine rings is 1. The average Bonchev–Trinajstić information content (AvgIpc) is 2.91. The minimum atomic E-state index is -1.27. The van der Waals surface area contributed by atoms with Crippen LogP contribution in [0.1, 0.15) is 54.2 Å². The van der Waals surface area contributed by atoms with E-state index >= 15 is 0 Å². The van der Waals surface area contributed by atoms with Crippen LogP contribution in [-0.4, -0.2) is 53.2 Å². The minimum Gasteiger partial charge on any atom is -0.465 e. The number of thioether (sulfide) groups is 1. The molecule has 3 amide bonds. The third kappa shape index (κ3) is 6.52. The number of primary amides is 1. The molecular formula is C26H29N7O4S. The lowest BCUT2D eigenvalue weighted by molar-refractivity contribution is -0.123. The fourth-order valence-corrected chi connectivity index (χ4v) is 5.40. The van der Waals surface area contributed by atoms with Gasteiger partial charge in [0, 0.05) is 19.1 Å². The standard InChI is InChI=1S/C26H29N7O4S/c1-3-18-19(13-27)23(33-11-9-17(10-12-33)31-24(35)15(2)30-26(36)37)32-25(20(18)14-28)38-21(22(29)34)16-7-5-4-6-8-16/h4-8,15,17,21,30H,3,9-12H2,1-2H3,(H2,29,34)(H,31,35)(H,36,37)/t15-,21?/m0/s1. The first-order valence-corrected chi connectivity index (χ1v) is 13.0. The predicted octanol–water partition coefficient (Wildman–Crippen LogP) is 2.45. The molecule has 1 saturated heterocycles. The van der Waals surface area contributed by atoms with Gasteiger partial charge in [0.25, 0.3) is 0 Å². The van der Waals surface area contributed by atoms with Crippen LogP contribution in [0.15, 0.2) is 35.4 Å². The maximum atomic E-state index is 12.4. The second-order valence-corrected chi connectivity index (χ2v) is 9.89. The molecule has 0 radical (unpaired) electrons. The zero-order chi connectivity index (χ0) is 27.8. The molecule has 38 heavy (non-hydrogen) atoms. The number of carbonyl (C=O) groups excluding carboxylic acids is 2. The minimum absolute atomic E-state index is 0.169.